The number of para-hydroxylation sites is 1. The van der Waals surface area contributed by atoms with E-state index in [0.717, 1.165) is 16.5 Å². The van der Waals surface area contributed by atoms with E-state index in [-0.39, 0.29) is 24.8 Å². The smallest absolute Gasteiger partial charge is 0.261 e. The van der Waals surface area contributed by atoms with E-state index in [1.807, 2.05) is 31.2 Å². The molecule has 0 unspecified atom stereocenters. The predicted octanol–water partition coefficient (Wildman–Crippen LogP) is 3.91. The van der Waals surface area contributed by atoms with Gasteiger partial charge in [-0.25, -0.2) is 4.39 Å². The summed E-state index contributed by atoms with van der Waals surface area (Å²) in [6, 6.07) is 12.7. The standard InChI is InChI=1S/C21H24BrFN2O3/c1-3-12-24-21(27)15(2)25(13-16-8-10-17(22)11-9-16)20(26)14-28-19-7-5-4-6-18(19)23/h4-11,15H,3,12-14H2,1-2H3,(H,24,27)/t15-/m0/s1. The Morgan fingerprint density at radius 2 is 1.86 bits per heavy atom. The Kier molecular flexibility index (Phi) is 8.44. The molecule has 28 heavy (non-hydrogen) atoms. The lowest BCUT2D eigenvalue weighted by molar-refractivity contribution is -0.142. The number of halogens is 2. The van der Waals surface area contributed by atoms with Crippen molar-refractivity contribution < 1.29 is 18.7 Å². The monoisotopic (exact) mass is 450 g/mol. The summed E-state index contributed by atoms with van der Waals surface area (Å²) in [4.78, 5) is 26.7. The third-order valence-corrected chi connectivity index (χ3v) is 4.70. The van der Waals surface area contributed by atoms with Crippen molar-refractivity contribution in [2.75, 3.05) is 13.2 Å². The van der Waals surface area contributed by atoms with Gasteiger partial charge in [0.1, 0.15) is 6.04 Å². The summed E-state index contributed by atoms with van der Waals surface area (Å²) >= 11 is 3.38. The molecule has 2 amide bonds. The third kappa shape index (κ3) is 6.34. The molecule has 2 rings (SSSR count). The van der Waals surface area contributed by atoms with E-state index < -0.39 is 17.8 Å². The SMILES string of the molecule is CCCNC(=O)[C@H](C)N(Cc1ccc(Br)cc1)C(=O)COc1ccccc1F. The number of hydrogen-bond donors (Lipinski definition) is 1. The van der Waals surface area contributed by atoms with Crippen LogP contribution >= 0.6 is 15.9 Å². The highest BCUT2D eigenvalue weighted by Gasteiger charge is 2.26. The summed E-state index contributed by atoms with van der Waals surface area (Å²) in [5.74, 6) is -1.17. The molecule has 0 saturated heterocycles. The van der Waals surface area contributed by atoms with Crippen LogP contribution in [0.4, 0.5) is 4.39 Å². The molecular weight excluding hydrogens is 427 g/mol. The number of amides is 2. The van der Waals surface area contributed by atoms with Crippen LogP contribution in [0.2, 0.25) is 0 Å². The molecule has 0 saturated carbocycles. The second-order valence-corrected chi connectivity index (χ2v) is 7.25. The number of rotatable bonds is 9. The van der Waals surface area contributed by atoms with Crippen molar-refractivity contribution in [3.8, 4) is 5.75 Å². The zero-order valence-electron chi connectivity index (χ0n) is 16.0. The number of carbonyl (C=O) groups is 2. The molecule has 0 heterocycles. The minimum Gasteiger partial charge on any atom is -0.481 e. The Morgan fingerprint density at radius 1 is 1.18 bits per heavy atom. The van der Waals surface area contributed by atoms with E-state index >= 15 is 0 Å². The van der Waals surface area contributed by atoms with E-state index in [1.54, 1.807) is 19.1 Å². The van der Waals surface area contributed by atoms with Gasteiger partial charge in [-0.05, 0) is 43.2 Å². The molecule has 1 N–H and O–H groups in total. The molecule has 0 aliphatic rings. The molecule has 0 spiro atoms. The average molecular weight is 451 g/mol. The lowest BCUT2D eigenvalue weighted by Crippen LogP contribution is -2.49. The molecule has 0 bridgehead atoms. The van der Waals surface area contributed by atoms with Crippen LogP contribution in [0.1, 0.15) is 25.8 Å². The second-order valence-electron chi connectivity index (χ2n) is 6.33. The van der Waals surface area contributed by atoms with Crippen LogP contribution in [0.5, 0.6) is 5.75 Å². The zero-order chi connectivity index (χ0) is 20.5. The largest absolute Gasteiger partial charge is 0.481 e. The number of hydrogen-bond acceptors (Lipinski definition) is 3. The Morgan fingerprint density at radius 3 is 2.50 bits per heavy atom. The van der Waals surface area contributed by atoms with Crippen LogP contribution < -0.4 is 10.1 Å². The topological polar surface area (TPSA) is 58.6 Å². The number of carbonyl (C=O) groups excluding carboxylic acids is 2. The average Bonchev–Trinajstić information content (AvgIpc) is 2.70. The first-order valence-corrected chi connectivity index (χ1v) is 9.90. The second kappa shape index (κ2) is 10.8. The number of benzene rings is 2. The number of ether oxygens (including phenoxy) is 1. The van der Waals surface area contributed by atoms with Crippen LogP contribution in [0, 0.1) is 5.82 Å². The van der Waals surface area contributed by atoms with Crippen molar-refractivity contribution in [1.29, 1.82) is 0 Å². The summed E-state index contributed by atoms with van der Waals surface area (Å²) in [7, 11) is 0. The summed E-state index contributed by atoms with van der Waals surface area (Å²) in [6.45, 7) is 4.05. The van der Waals surface area contributed by atoms with Gasteiger partial charge in [0, 0.05) is 17.6 Å². The van der Waals surface area contributed by atoms with Crippen molar-refractivity contribution >= 4 is 27.7 Å². The minimum absolute atomic E-state index is 0.00234. The maximum atomic E-state index is 13.7. The normalized spacial score (nSPS) is 11.6. The quantitative estimate of drug-likeness (QED) is 0.629. The zero-order valence-corrected chi connectivity index (χ0v) is 17.5. The Balaban J connectivity index is 2.13. The van der Waals surface area contributed by atoms with Crippen molar-refractivity contribution in [1.82, 2.24) is 10.2 Å². The third-order valence-electron chi connectivity index (χ3n) is 4.17. The van der Waals surface area contributed by atoms with E-state index in [1.165, 1.54) is 17.0 Å². The fraction of sp³-hybridized carbons (Fsp3) is 0.333. The molecule has 0 aromatic heterocycles. The van der Waals surface area contributed by atoms with Crippen molar-refractivity contribution in [2.24, 2.45) is 0 Å². The first kappa shape index (κ1) is 21.9. The van der Waals surface area contributed by atoms with E-state index in [4.69, 9.17) is 4.74 Å². The van der Waals surface area contributed by atoms with Gasteiger partial charge in [0.05, 0.1) is 0 Å². The van der Waals surface area contributed by atoms with Gasteiger partial charge < -0.3 is 15.0 Å². The summed E-state index contributed by atoms with van der Waals surface area (Å²) in [5.41, 5.74) is 0.873. The molecule has 0 radical (unpaired) electrons. The summed E-state index contributed by atoms with van der Waals surface area (Å²) < 4.78 is 20.0. The van der Waals surface area contributed by atoms with Crippen LogP contribution in [0.3, 0.4) is 0 Å². The molecule has 2 aromatic carbocycles. The highest BCUT2D eigenvalue weighted by atomic mass is 79.9. The van der Waals surface area contributed by atoms with E-state index in [9.17, 15) is 14.0 Å². The maximum Gasteiger partial charge on any atom is 0.261 e. The van der Waals surface area contributed by atoms with Gasteiger partial charge in [0.15, 0.2) is 18.2 Å². The number of nitrogens with zero attached hydrogens (tertiary/aromatic N) is 1. The molecule has 0 aliphatic carbocycles. The highest BCUT2D eigenvalue weighted by Crippen LogP contribution is 2.17. The predicted molar refractivity (Wildman–Crippen MR) is 109 cm³/mol. The van der Waals surface area contributed by atoms with E-state index in [2.05, 4.69) is 21.2 Å². The number of nitrogens with one attached hydrogen (secondary N) is 1. The summed E-state index contributed by atoms with van der Waals surface area (Å²) in [6.07, 6.45) is 0.801. The van der Waals surface area contributed by atoms with Crippen molar-refractivity contribution in [2.45, 2.75) is 32.9 Å². The molecular formula is C21H24BrFN2O3. The fourth-order valence-corrected chi connectivity index (χ4v) is 2.81. The lowest BCUT2D eigenvalue weighted by atomic mass is 10.1. The van der Waals surface area contributed by atoms with Gasteiger partial charge >= 0.3 is 0 Å². The molecule has 150 valence electrons. The summed E-state index contributed by atoms with van der Waals surface area (Å²) in [5, 5.41) is 2.80. The van der Waals surface area contributed by atoms with Gasteiger partial charge in [-0.15, -0.1) is 0 Å². The van der Waals surface area contributed by atoms with Crippen LogP contribution in [0.25, 0.3) is 0 Å². The fourth-order valence-electron chi connectivity index (χ4n) is 2.55. The minimum atomic E-state index is -0.688. The maximum absolute atomic E-state index is 13.7. The van der Waals surface area contributed by atoms with Gasteiger partial charge in [-0.2, -0.15) is 0 Å². The lowest BCUT2D eigenvalue weighted by Gasteiger charge is -2.28. The first-order valence-electron chi connectivity index (χ1n) is 9.11. The Hall–Kier alpha value is -2.41. The Labute approximate surface area is 173 Å². The molecule has 2 aromatic rings. The van der Waals surface area contributed by atoms with Crippen LogP contribution in [0.15, 0.2) is 53.0 Å². The molecule has 1 atom stereocenters. The van der Waals surface area contributed by atoms with Crippen molar-refractivity contribution in [3.63, 3.8) is 0 Å². The van der Waals surface area contributed by atoms with Crippen molar-refractivity contribution in [3.05, 3.63) is 64.4 Å². The van der Waals surface area contributed by atoms with Gasteiger partial charge in [-0.1, -0.05) is 47.1 Å². The Bertz CT molecular complexity index is 798. The van der Waals surface area contributed by atoms with Crippen LogP contribution in [-0.4, -0.2) is 35.9 Å². The van der Waals surface area contributed by atoms with Crippen LogP contribution in [-0.2, 0) is 16.1 Å². The highest BCUT2D eigenvalue weighted by molar-refractivity contribution is 9.10. The molecule has 5 nitrogen and oxygen atoms in total. The molecule has 7 heteroatoms. The van der Waals surface area contributed by atoms with Gasteiger partial charge in [-0.3, -0.25) is 9.59 Å². The molecule has 0 aliphatic heterocycles. The van der Waals surface area contributed by atoms with E-state index in [0.29, 0.717) is 6.54 Å². The van der Waals surface area contributed by atoms with Gasteiger partial charge in [0.2, 0.25) is 5.91 Å². The first-order chi connectivity index (χ1) is 13.4. The van der Waals surface area contributed by atoms with Gasteiger partial charge in [0.25, 0.3) is 5.91 Å². The molecule has 0 fully saturated rings.